The normalized spacial score (nSPS) is 9.62. The SMILES string of the molecule is Cl.Nc1c(F)cc(F)cc1-c1ccccc1. The summed E-state index contributed by atoms with van der Waals surface area (Å²) in [5, 5.41) is 0. The summed E-state index contributed by atoms with van der Waals surface area (Å²) in [7, 11) is 0. The fraction of sp³-hybridized carbons (Fsp3) is 0. The van der Waals surface area contributed by atoms with E-state index in [0.717, 1.165) is 6.07 Å². The molecule has 0 aliphatic rings. The predicted octanol–water partition coefficient (Wildman–Crippen LogP) is 3.64. The Morgan fingerprint density at radius 3 is 2.19 bits per heavy atom. The number of halogens is 3. The zero-order valence-electron chi connectivity index (χ0n) is 8.28. The van der Waals surface area contributed by atoms with Crippen LogP contribution in [0, 0.1) is 11.6 Å². The van der Waals surface area contributed by atoms with Gasteiger partial charge in [-0.25, -0.2) is 8.78 Å². The second-order valence-corrected chi connectivity index (χ2v) is 3.21. The molecule has 0 saturated carbocycles. The molecule has 16 heavy (non-hydrogen) atoms. The van der Waals surface area contributed by atoms with Gasteiger partial charge in [0.15, 0.2) is 0 Å². The van der Waals surface area contributed by atoms with Crippen LogP contribution in [0.5, 0.6) is 0 Å². The second kappa shape index (κ2) is 4.94. The topological polar surface area (TPSA) is 26.0 Å². The van der Waals surface area contributed by atoms with Crippen molar-refractivity contribution in [3.8, 4) is 11.1 Å². The highest BCUT2D eigenvalue weighted by Crippen LogP contribution is 2.28. The van der Waals surface area contributed by atoms with Gasteiger partial charge in [-0.05, 0) is 11.6 Å². The second-order valence-electron chi connectivity index (χ2n) is 3.21. The number of rotatable bonds is 1. The Bertz CT molecular complexity index is 486. The summed E-state index contributed by atoms with van der Waals surface area (Å²) in [4.78, 5) is 0. The monoisotopic (exact) mass is 241 g/mol. The van der Waals surface area contributed by atoms with Crippen LogP contribution in [0.2, 0.25) is 0 Å². The summed E-state index contributed by atoms with van der Waals surface area (Å²) in [6.07, 6.45) is 0. The van der Waals surface area contributed by atoms with Gasteiger partial charge in [-0.3, -0.25) is 0 Å². The van der Waals surface area contributed by atoms with Gasteiger partial charge < -0.3 is 5.73 Å². The Morgan fingerprint density at radius 2 is 1.56 bits per heavy atom. The summed E-state index contributed by atoms with van der Waals surface area (Å²) < 4.78 is 26.2. The highest BCUT2D eigenvalue weighted by Gasteiger charge is 2.09. The quantitative estimate of drug-likeness (QED) is 0.758. The van der Waals surface area contributed by atoms with Crippen molar-refractivity contribution in [3.63, 3.8) is 0 Å². The van der Waals surface area contributed by atoms with E-state index in [0.29, 0.717) is 11.1 Å². The lowest BCUT2D eigenvalue weighted by atomic mass is 10.0. The lowest BCUT2D eigenvalue weighted by molar-refractivity contribution is 0.587. The maximum atomic E-state index is 13.2. The highest BCUT2D eigenvalue weighted by atomic mass is 35.5. The Morgan fingerprint density at radius 1 is 0.938 bits per heavy atom. The van der Waals surface area contributed by atoms with Crippen molar-refractivity contribution >= 4 is 18.1 Å². The van der Waals surface area contributed by atoms with E-state index in [1.54, 1.807) is 24.3 Å². The zero-order chi connectivity index (χ0) is 10.8. The van der Waals surface area contributed by atoms with Gasteiger partial charge in [-0.2, -0.15) is 0 Å². The molecule has 0 spiro atoms. The molecule has 0 amide bonds. The molecule has 0 fully saturated rings. The van der Waals surface area contributed by atoms with Gasteiger partial charge >= 0.3 is 0 Å². The minimum absolute atomic E-state index is 0. The number of benzene rings is 2. The molecule has 84 valence electrons. The van der Waals surface area contributed by atoms with Gasteiger partial charge in [0.2, 0.25) is 0 Å². The van der Waals surface area contributed by atoms with Crippen LogP contribution < -0.4 is 5.73 Å². The Balaban J connectivity index is 0.00000128. The molecule has 0 heterocycles. The van der Waals surface area contributed by atoms with Crippen LogP contribution >= 0.6 is 12.4 Å². The van der Waals surface area contributed by atoms with Crippen molar-refractivity contribution in [1.29, 1.82) is 0 Å². The van der Waals surface area contributed by atoms with E-state index in [1.807, 2.05) is 6.07 Å². The first-order chi connectivity index (χ1) is 7.18. The van der Waals surface area contributed by atoms with Crippen molar-refractivity contribution < 1.29 is 8.78 Å². The molecule has 1 nitrogen and oxygen atoms in total. The van der Waals surface area contributed by atoms with E-state index in [2.05, 4.69) is 0 Å². The summed E-state index contributed by atoms with van der Waals surface area (Å²) in [5.41, 5.74) is 6.60. The number of nitrogen functional groups attached to an aromatic ring is 1. The maximum absolute atomic E-state index is 13.2. The standard InChI is InChI=1S/C12H9F2N.ClH/c13-9-6-10(12(15)11(14)7-9)8-4-2-1-3-5-8;/h1-7H,15H2;1H. The Labute approximate surface area is 98.3 Å². The first-order valence-electron chi connectivity index (χ1n) is 4.48. The minimum Gasteiger partial charge on any atom is -0.396 e. The van der Waals surface area contributed by atoms with Gasteiger partial charge in [0.05, 0.1) is 5.69 Å². The van der Waals surface area contributed by atoms with E-state index >= 15 is 0 Å². The molecule has 0 atom stereocenters. The molecule has 0 bridgehead atoms. The zero-order valence-corrected chi connectivity index (χ0v) is 9.10. The summed E-state index contributed by atoms with van der Waals surface area (Å²) in [5.74, 6) is -1.35. The molecule has 0 aliphatic heterocycles. The van der Waals surface area contributed by atoms with Gasteiger partial charge in [0.25, 0.3) is 0 Å². The summed E-state index contributed by atoms with van der Waals surface area (Å²) in [6, 6.07) is 10.9. The molecule has 0 saturated heterocycles. The molecule has 0 aromatic heterocycles. The number of hydrogen-bond acceptors (Lipinski definition) is 1. The fourth-order valence-corrected chi connectivity index (χ4v) is 1.44. The molecular formula is C12H10ClF2N. The van der Waals surface area contributed by atoms with Crippen molar-refractivity contribution in [3.05, 3.63) is 54.1 Å². The molecule has 0 radical (unpaired) electrons. The largest absolute Gasteiger partial charge is 0.396 e. The molecule has 2 aromatic rings. The molecular weight excluding hydrogens is 232 g/mol. The van der Waals surface area contributed by atoms with Crippen molar-refractivity contribution in [2.75, 3.05) is 5.73 Å². The number of anilines is 1. The average molecular weight is 242 g/mol. The van der Waals surface area contributed by atoms with E-state index in [-0.39, 0.29) is 18.1 Å². The van der Waals surface area contributed by atoms with Crippen LogP contribution in [-0.2, 0) is 0 Å². The maximum Gasteiger partial charge on any atom is 0.149 e. The summed E-state index contributed by atoms with van der Waals surface area (Å²) in [6.45, 7) is 0. The third-order valence-corrected chi connectivity index (χ3v) is 2.18. The van der Waals surface area contributed by atoms with Crippen LogP contribution in [0.15, 0.2) is 42.5 Å². The molecule has 4 heteroatoms. The third-order valence-electron chi connectivity index (χ3n) is 2.18. The van der Waals surface area contributed by atoms with Gasteiger partial charge in [-0.1, -0.05) is 30.3 Å². The predicted molar refractivity (Wildman–Crippen MR) is 63.5 cm³/mol. The van der Waals surface area contributed by atoms with Gasteiger partial charge in [0, 0.05) is 11.6 Å². The molecule has 0 aliphatic carbocycles. The van der Waals surface area contributed by atoms with Crippen LogP contribution in [0.1, 0.15) is 0 Å². The Kier molecular flexibility index (Phi) is 3.85. The van der Waals surface area contributed by atoms with Crippen molar-refractivity contribution in [1.82, 2.24) is 0 Å². The molecule has 2 N–H and O–H groups in total. The molecule has 2 aromatic carbocycles. The first kappa shape index (κ1) is 12.5. The lowest BCUT2D eigenvalue weighted by Crippen LogP contribution is -1.95. The van der Waals surface area contributed by atoms with Crippen LogP contribution in [-0.4, -0.2) is 0 Å². The van der Waals surface area contributed by atoms with Crippen molar-refractivity contribution in [2.45, 2.75) is 0 Å². The summed E-state index contributed by atoms with van der Waals surface area (Å²) >= 11 is 0. The third kappa shape index (κ3) is 2.31. The van der Waals surface area contributed by atoms with E-state index in [4.69, 9.17) is 5.73 Å². The molecule has 2 rings (SSSR count). The van der Waals surface area contributed by atoms with Crippen molar-refractivity contribution in [2.24, 2.45) is 0 Å². The highest BCUT2D eigenvalue weighted by molar-refractivity contribution is 5.85. The van der Waals surface area contributed by atoms with Crippen LogP contribution in [0.4, 0.5) is 14.5 Å². The van der Waals surface area contributed by atoms with E-state index in [1.165, 1.54) is 6.07 Å². The van der Waals surface area contributed by atoms with E-state index in [9.17, 15) is 8.78 Å². The number of nitrogens with two attached hydrogens (primary N) is 1. The van der Waals surface area contributed by atoms with Crippen LogP contribution in [0.3, 0.4) is 0 Å². The number of hydrogen-bond donors (Lipinski definition) is 1. The fourth-order valence-electron chi connectivity index (χ4n) is 1.44. The smallest absolute Gasteiger partial charge is 0.149 e. The van der Waals surface area contributed by atoms with E-state index < -0.39 is 11.6 Å². The van der Waals surface area contributed by atoms with Gasteiger partial charge in [0.1, 0.15) is 11.6 Å². The first-order valence-corrected chi connectivity index (χ1v) is 4.48. The minimum atomic E-state index is -0.728. The van der Waals surface area contributed by atoms with Gasteiger partial charge in [-0.15, -0.1) is 12.4 Å². The Hall–Kier alpha value is -1.61. The average Bonchev–Trinajstić information content (AvgIpc) is 2.24. The lowest BCUT2D eigenvalue weighted by Gasteiger charge is -2.06. The molecule has 0 unspecified atom stereocenters. The van der Waals surface area contributed by atoms with Crippen LogP contribution in [0.25, 0.3) is 11.1 Å².